The summed E-state index contributed by atoms with van der Waals surface area (Å²) in [5.41, 5.74) is 5.89. The fraction of sp³-hybridized carbons (Fsp3) is 0.545. The highest BCUT2D eigenvalue weighted by Gasteiger charge is 2.20. The molecule has 18 heavy (non-hydrogen) atoms. The first-order valence-corrected chi connectivity index (χ1v) is 5.87. The van der Waals surface area contributed by atoms with Crippen molar-refractivity contribution in [1.82, 2.24) is 15.5 Å². The summed E-state index contributed by atoms with van der Waals surface area (Å²) in [6.07, 6.45) is 0.0270. The van der Waals surface area contributed by atoms with Crippen LogP contribution in [-0.2, 0) is 4.74 Å². The normalized spacial score (nSPS) is 19.7. The summed E-state index contributed by atoms with van der Waals surface area (Å²) in [5, 5.41) is 10.5. The van der Waals surface area contributed by atoms with E-state index < -0.39 is 0 Å². The summed E-state index contributed by atoms with van der Waals surface area (Å²) < 4.78 is 5.48. The first-order chi connectivity index (χ1) is 8.74. The van der Waals surface area contributed by atoms with Crippen LogP contribution in [0.5, 0.6) is 0 Å². The van der Waals surface area contributed by atoms with Gasteiger partial charge in [0.2, 0.25) is 0 Å². The summed E-state index contributed by atoms with van der Waals surface area (Å²) in [6, 6.07) is 3.45. The lowest BCUT2D eigenvalue weighted by Gasteiger charge is -2.32. The zero-order valence-corrected chi connectivity index (χ0v) is 10.3. The molecule has 3 N–H and O–H groups in total. The lowest BCUT2D eigenvalue weighted by molar-refractivity contribution is 0.0462. The molecule has 1 saturated heterocycles. The maximum absolute atomic E-state index is 11.3. The number of nitrogens with two attached hydrogens (primary N) is 1. The molecule has 1 amide bonds. The third kappa shape index (κ3) is 2.74. The fourth-order valence-corrected chi connectivity index (χ4v) is 1.81. The number of carbonyl (C=O) groups excluding carboxylic acids is 1. The maximum Gasteiger partial charge on any atom is 0.271 e. The van der Waals surface area contributed by atoms with E-state index in [1.165, 1.54) is 0 Å². The molecule has 1 aromatic heterocycles. The number of aromatic nitrogens is 2. The van der Waals surface area contributed by atoms with E-state index >= 15 is 0 Å². The van der Waals surface area contributed by atoms with E-state index in [1.807, 2.05) is 0 Å². The molecule has 0 radical (unpaired) electrons. The average Bonchev–Trinajstić information content (AvgIpc) is 2.46. The van der Waals surface area contributed by atoms with Crippen LogP contribution in [0.4, 0.5) is 5.82 Å². The molecule has 2 heterocycles. The quantitative estimate of drug-likeness (QED) is 0.715. The van der Waals surface area contributed by atoms with Crippen LogP contribution in [0.2, 0.25) is 0 Å². The number of rotatable bonds is 3. The van der Waals surface area contributed by atoms with Crippen molar-refractivity contribution in [3.05, 3.63) is 17.8 Å². The standard InChI is InChI=1S/C11H17N5O2/c1-13-11(17)9-2-3-10(15-14-9)16-4-5-18-8(6-12)7-16/h2-3,8H,4-7,12H2,1H3,(H,13,17). The van der Waals surface area contributed by atoms with Crippen LogP contribution in [0.15, 0.2) is 12.1 Å². The van der Waals surface area contributed by atoms with Gasteiger partial charge in [-0.05, 0) is 12.1 Å². The third-order valence-electron chi connectivity index (χ3n) is 2.84. The minimum absolute atomic E-state index is 0.0270. The first kappa shape index (κ1) is 12.7. The Balaban J connectivity index is 2.07. The van der Waals surface area contributed by atoms with Crippen LogP contribution < -0.4 is 16.0 Å². The molecule has 0 aliphatic carbocycles. The second-order valence-corrected chi connectivity index (χ2v) is 4.03. The number of amides is 1. The van der Waals surface area contributed by atoms with Gasteiger partial charge in [0.25, 0.3) is 5.91 Å². The molecule has 7 nitrogen and oxygen atoms in total. The zero-order valence-electron chi connectivity index (χ0n) is 10.3. The molecular formula is C11H17N5O2. The molecule has 0 spiro atoms. The number of hydrogen-bond acceptors (Lipinski definition) is 6. The summed E-state index contributed by atoms with van der Waals surface area (Å²) in [6.45, 7) is 2.57. The van der Waals surface area contributed by atoms with Crippen molar-refractivity contribution < 1.29 is 9.53 Å². The number of nitrogens with zero attached hydrogens (tertiary/aromatic N) is 3. The Morgan fingerprint density at radius 1 is 1.61 bits per heavy atom. The predicted molar refractivity (Wildman–Crippen MR) is 66.4 cm³/mol. The second kappa shape index (κ2) is 5.74. The van der Waals surface area contributed by atoms with E-state index in [9.17, 15) is 4.79 Å². The van der Waals surface area contributed by atoms with Gasteiger partial charge in [-0.15, -0.1) is 10.2 Å². The van der Waals surface area contributed by atoms with E-state index in [2.05, 4.69) is 20.4 Å². The highest BCUT2D eigenvalue weighted by Crippen LogP contribution is 2.14. The van der Waals surface area contributed by atoms with Crippen molar-refractivity contribution in [3.8, 4) is 0 Å². The van der Waals surface area contributed by atoms with Gasteiger partial charge in [-0.1, -0.05) is 0 Å². The third-order valence-corrected chi connectivity index (χ3v) is 2.84. The predicted octanol–water partition coefficient (Wildman–Crippen LogP) is -1.000. The number of hydrogen-bond donors (Lipinski definition) is 2. The Bertz CT molecular complexity index is 408. The van der Waals surface area contributed by atoms with Gasteiger partial charge in [0.15, 0.2) is 11.5 Å². The number of nitrogens with one attached hydrogen (secondary N) is 1. The molecule has 98 valence electrons. The van der Waals surface area contributed by atoms with Gasteiger partial charge in [0.05, 0.1) is 12.7 Å². The minimum atomic E-state index is -0.240. The summed E-state index contributed by atoms with van der Waals surface area (Å²) in [5.74, 6) is 0.500. The van der Waals surface area contributed by atoms with Gasteiger partial charge in [-0.25, -0.2) is 0 Å². The number of carbonyl (C=O) groups is 1. The Hall–Kier alpha value is -1.73. The van der Waals surface area contributed by atoms with Crippen LogP contribution in [-0.4, -0.2) is 55.5 Å². The number of ether oxygens (including phenoxy) is 1. The molecule has 1 unspecified atom stereocenters. The van der Waals surface area contributed by atoms with Gasteiger partial charge in [-0.3, -0.25) is 4.79 Å². The topological polar surface area (TPSA) is 93.4 Å². The molecular weight excluding hydrogens is 234 g/mol. The molecule has 1 aliphatic heterocycles. The lowest BCUT2D eigenvalue weighted by atomic mass is 10.2. The molecule has 1 aliphatic rings. The maximum atomic E-state index is 11.3. The van der Waals surface area contributed by atoms with E-state index in [1.54, 1.807) is 19.2 Å². The Kier molecular flexibility index (Phi) is 4.06. The Morgan fingerprint density at radius 2 is 2.44 bits per heavy atom. The molecule has 0 aromatic carbocycles. The average molecular weight is 251 g/mol. The molecule has 0 saturated carbocycles. The van der Waals surface area contributed by atoms with Crippen molar-refractivity contribution >= 4 is 11.7 Å². The first-order valence-electron chi connectivity index (χ1n) is 5.87. The van der Waals surface area contributed by atoms with Crippen molar-refractivity contribution in [3.63, 3.8) is 0 Å². The largest absolute Gasteiger partial charge is 0.373 e. The summed E-state index contributed by atoms with van der Waals surface area (Å²) in [4.78, 5) is 13.4. The van der Waals surface area contributed by atoms with Crippen molar-refractivity contribution in [1.29, 1.82) is 0 Å². The monoisotopic (exact) mass is 251 g/mol. The Labute approximate surface area is 105 Å². The van der Waals surface area contributed by atoms with Crippen molar-refractivity contribution in [2.45, 2.75) is 6.10 Å². The van der Waals surface area contributed by atoms with E-state index in [0.29, 0.717) is 25.4 Å². The number of morpholine rings is 1. The minimum Gasteiger partial charge on any atom is -0.373 e. The molecule has 2 rings (SSSR count). The van der Waals surface area contributed by atoms with Crippen molar-refractivity contribution in [2.75, 3.05) is 38.2 Å². The van der Waals surface area contributed by atoms with Gasteiger partial charge in [0, 0.05) is 26.7 Å². The van der Waals surface area contributed by atoms with Gasteiger partial charge < -0.3 is 20.7 Å². The molecule has 0 bridgehead atoms. The van der Waals surface area contributed by atoms with E-state index in [-0.39, 0.29) is 12.0 Å². The van der Waals surface area contributed by atoms with Crippen LogP contribution in [0.3, 0.4) is 0 Å². The second-order valence-electron chi connectivity index (χ2n) is 4.03. The van der Waals surface area contributed by atoms with Gasteiger partial charge >= 0.3 is 0 Å². The van der Waals surface area contributed by atoms with Crippen LogP contribution in [0.1, 0.15) is 10.5 Å². The lowest BCUT2D eigenvalue weighted by Crippen LogP contribution is -2.46. The number of anilines is 1. The molecule has 7 heteroatoms. The molecule has 1 fully saturated rings. The Morgan fingerprint density at radius 3 is 3.06 bits per heavy atom. The fourth-order valence-electron chi connectivity index (χ4n) is 1.81. The highest BCUT2D eigenvalue weighted by molar-refractivity contribution is 5.91. The summed E-state index contributed by atoms with van der Waals surface area (Å²) >= 11 is 0. The van der Waals surface area contributed by atoms with E-state index in [4.69, 9.17) is 10.5 Å². The van der Waals surface area contributed by atoms with Crippen molar-refractivity contribution in [2.24, 2.45) is 5.73 Å². The summed E-state index contributed by atoms with van der Waals surface area (Å²) in [7, 11) is 1.56. The van der Waals surface area contributed by atoms with Crippen LogP contribution in [0.25, 0.3) is 0 Å². The highest BCUT2D eigenvalue weighted by atomic mass is 16.5. The van der Waals surface area contributed by atoms with Crippen LogP contribution in [0, 0.1) is 0 Å². The molecule has 1 aromatic rings. The smallest absolute Gasteiger partial charge is 0.271 e. The van der Waals surface area contributed by atoms with Gasteiger partial charge in [0.1, 0.15) is 0 Å². The van der Waals surface area contributed by atoms with Gasteiger partial charge in [-0.2, -0.15) is 0 Å². The van der Waals surface area contributed by atoms with E-state index in [0.717, 1.165) is 12.4 Å². The van der Waals surface area contributed by atoms with Crippen LogP contribution >= 0.6 is 0 Å². The zero-order chi connectivity index (χ0) is 13.0. The SMILES string of the molecule is CNC(=O)c1ccc(N2CCOC(CN)C2)nn1. The molecule has 1 atom stereocenters.